The maximum atomic E-state index is 12.4. The number of thiazole rings is 1. The molecule has 8 heteroatoms. The van der Waals surface area contributed by atoms with Crippen molar-refractivity contribution in [3.05, 3.63) is 52.0 Å². The first-order chi connectivity index (χ1) is 12.7. The van der Waals surface area contributed by atoms with Gasteiger partial charge in [-0.05, 0) is 5.56 Å². The second kappa shape index (κ2) is 7.33. The molecule has 2 aliphatic rings. The number of carbonyl (C=O) groups excluding carboxylic acids is 2. The molecule has 2 fully saturated rings. The fourth-order valence-electron chi connectivity index (χ4n) is 3.23. The van der Waals surface area contributed by atoms with E-state index in [-0.39, 0.29) is 18.2 Å². The third-order valence-corrected chi connectivity index (χ3v) is 5.52. The molecule has 136 valence electrons. The molecule has 0 aliphatic carbocycles. The third kappa shape index (κ3) is 3.65. The molecule has 0 saturated carbocycles. The molecule has 1 aromatic heterocycles. The number of nitrogens with zero attached hydrogens (tertiary/aromatic N) is 3. The van der Waals surface area contributed by atoms with Gasteiger partial charge in [0.15, 0.2) is 0 Å². The van der Waals surface area contributed by atoms with E-state index in [2.05, 4.69) is 22.4 Å². The molecule has 4 rings (SSSR count). The van der Waals surface area contributed by atoms with Gasteiger partial charge < -0.3 is 15.0 Å². The summed E-state index contributed by atoms with van der Waals surface area (Å²) in [4.78, 5) is 31.9. The number of cyclic esters (lactones) is 1. The van der Waals surface area contributed by atoms with Gasteiger partial charge in [0, 0.05) is 31.4 Å². The first-order valence-electron chi connectivity index (χ1n) is 8.62. The molecule has 2 saturated heterocycles. The van der Waals surface area contributed by atoms with Crippen LogP contribution >= 0.6 is 11.3 Å². The van der Waals surface area contributed by atoms with Gasteiger partial charge in [-0.15, -0.1) is 11.3 Å². The van der Waals surface area contributed by atoms with Crippen LogP contribution in [0.3, 0.4) is 0 Å². The van der Waals surface area contributed by atoms with Crippen molar-refractivity contribution >= 4 is 23.5 Å². The Morgan fingerprint density at radius 3 is 3.00 bits per heavy atom. The first-order valence-corrected chi connectivity index (χ1v) is 9.50. The molecule has 0 radical (unpaired) electrons. The summed E-state index contributed by atoms with van der Waals surface area (Å²) in [7, 11) is 0. The number of nitrogens with one attached hydrogen (secondary N) is 1. The number of carbonyl (C=O) groups is 2. The molecule has 2 aromatic rings. The van der Waals surface area contributed by atoms with Crippen molar-refractivity contribution in [1.82, 2.24) is 20.1 Å². The van der Waals surface area contributed by atoms with Crippen LogP contribution in [0.25, 0.3) is 0 Å². The van der Waals surface area contributed by atoms with E-state index in [1.807, 2.05) is 23.6 Å². The summed E-state index contributed by atoms with van der Waals surface area (Å²) in [6, 6.07) is 10.1. The zero-order chi connectivity index (χ0) is 17.9. The van der Waals surface area contributed by atoms with Crippen LogP contribution in [0.2, 0.25) is 0 Å². The van der Waals surface area contributed by atoms with Crippen LogP contribution in [-0.4, -0.2) is 59.2 Å². The molecular formula is C18H20N4O3S. The Labute approximate surface area is 155 Å². The monoisotopic (exact) mass is 372 g/mol. The Morgan fingerprint density at radius 1 is 1.31 bits per heavy atom. The molecule has 2 aliphatic heterocycles. The van der Waals surface area contributed by atoms with Crippen LogP contribution in [0.4, 0.5) is 9.59 Å². The summed E-state index contributed by atoms with van der Waals surface area (Å²) in [5.74, 6) is 0. The van der Waals surface area contributed by atoms with Crippen molar-refractivity contribution in [2.45, 2.75) is 19.0 Å². The smallest absolute Gasteiger partial charge is 0.410 e. The summed E-state index contributed by atoms with van der Waals surface area (Å²) in [6.07, 6.45) is 0.528. The predicted octanol–water partition coefficient (Wildman–Crippen LogP) is 2.08. The Morgan fingerprint density at radius 2 is 2.15 bits per heavy atom. The number of urea groups is 1. The topological polar surface area (TPSA) is 74.8 Å². The number of rotatable bonds is 4. The normalized spacial score (nSPS) is 19.2. The van der Waals surface area contributed by atoms with E-state index in [1.54, 1.807) is 21.1 Å². The summed E-state index contributed by atoms with van der Waals surface area (Å²) in [5.41, 5.74) is 2.09. The number of fused-ring (bicyclic) bond motifs is 1. The Balaban J connectivity index is 1.28. The zero-order valence-electron chi connectivity index (χ0n) is 14.3. The highest BCUT2D eigenvalue weighted by Gasteiger charge is 2.38. The second-order valence-electron chi connectivity index (χ2n) is 6.42. The largest absolute Gasteiger partial charge is 0.447 e. The van der Waals surface area contributed by atoms with Crippen molar-refractivity contribution < 1.29 is 14.3 Å². The van der Waals surface area contributed by atoms with Crippen LogP contribution < -0.4 is 5.32 Å². The van der Waals surface area contributed by atoms with Crippen molar-refractivity contribution in [1.29, 1.82) is 0 Å². The van der Waals surface area contributed by atoms with Crippen molar-refractivity contribution in [2.75, 3.05) is 26.2 Å². The van der Waals surface area contributed by atoms with E-state index in [0.29, 0.717) is 32.8 Å². The van der Waals surface area contributed by atoms with Gasteiger partial charge in [0.25, 0.3) is 0 Å². The summed E-state index contributed by atoms with van der Waals surface area (Å²) in [5, 5.41) is 5.95. The van der Waals surface area contributed by atoms with E-state index in [1.165, 1.54) is 5.56 Å². The first kappa shape index (κ1) is 16.8. The molecule has 0 bridgehead atoms. The van der Waals surface area contributed by atoms with Crippen LogP contribution in [0, 0.1) is 0 Å². The van der Waals surface area contributed by atoms with Crippen molar-refractivity contribution in [3.8, 4) is 0 Å². The lowest BCUT2D eigenvalue weighted by Gasteiger charge is -2.35. The van der Waals surface area contributed by atoms with Crippen molar-refractivity contribution in [3.63, 3.8) is 0 Å². The van der Waals surface area contributed by atoms with Gasteiger partial charge in [-0.25, -0.2) is 14.6 Å². The minimum atomic E-state index is -0.275. The van der Waals surface area contributed by atoms with E-state index in [9.17, 15) is 9.59 Å². The maximum Gasteiger partial charge on any atom is 0.410 e. The van der Waals surface area contributed by atoms with Gasteiger partial charge in [-0.2, -0.15) is 0 Å². The number of benzene rings is 1. The van der Waals surface area contributed by atoms with Crippen LogP contribution in [-0.2, 0) is 17.7 Å². The minimum Gasteiger partial charge on any atom is -0.447 e. The van der Waals surface area contributed by atoms with Gasteiger partial charge in [-0.1, -0.05) is 30.3 Å². The lowest BCUT2D eigenvalue weighted by atomic mass is 10.2. The molecule has 0 spiro atoms. The van der Waals surface area contributed by atoms with Crippen LogP contribution in [0.15, 0.2) is 35.7 Å². The number of hydrogen-bond donors (Lipinski definition) is 1. The van der Waals surface area contributed by atoms with Crippen LogP contribution in [0.5, 0.6) is 0 Å². The van der Waals surface area contributed by atoms with Gasteiger partial charge in [-0.3, -0.25) is 4.90 Å². The molecule has 0 unspecified atom stereocenters. The molecular weight excluding hydrogens is 352 g/mol. The lowest BCUT2D eigenvalue weighted by Crippen LogP contribution is -2.55. The Kier molecular flexibility index (Phi) is 4.75. The highest BCUT2D eigenvalue weighted by Crippen LogP contribution is 2.18. The van der Waals surface area contributed by atoms with Crippen molar-refractivity contribution in [2.24, 2.45) is 0 Å². The molecule has 1 N–H and O–H groups in total. The van der Waals surface area contributed by atoms with E-state index in [4.69, 9.17) is 4.74 Å². The van der Waals surface area contributed by atoms with Gasteiger partial charge in [0.2, 0.25) is 0 Å². The summed E-state index contributed by atoms with van der Waals surface area (Å²) >= 11 is 1.61. The van der Waals surface area contributed by atoms with Gasteiger partial charge in [0.1, 0.15) is 6.61 Å². The molecule has 3 heterocycles. The lowest BCUT2D eigenvalue weighted by molar-refractivity contribution is 0.127. The fraction of sp³-hybridized carbons (Fsp3) is 0.389. The highest BCUT2D eigenvalue weighted by atomic mass is 32.1. The summed E-state index contributed by atoms with van der Waals surface area (Å²) in [6.45, 7) is 2.32. The number of ether oxygens (including phenoxy) is 1. The highest BCUT2D eigenvalue weighted by molar-refractivity contribution is 7.09. The average molecular weight is 372 g/mol. The number of aromatic nitrogens is 1. The molecule has 26 heavy (non-hydrogen) atoms. The Bertz CT molecular complexity index is 795. The summed E-state index contributed by atoms with van der Waals surface area (Å²) < 4.78 is 5.03. The predicted molar refractivity (Wildman–Crippen MR) is 97.0 cm³/mol. The van der Waals surface area contributed by atoms with E-state index in [0.717, 1.165) is 17.1 Å². The van der Waals surface area contributed by atoms with Crippen LogP contribution in [0.1, 0.15) is 16.3 Å². The molecule has 3 amide bonds. The number of hydrogen-bond acceptors (Lipinski definition) is 5. The van der Waals surface area contributed by atoms with E-state index >= 15 is 0 Å². The third-order valence-electron chi connectivity index (χ3n) is 4.62. The molecule has 1 aromatic carbocycles. The average Bonchev–Trinajstić information content (AvgIpc) is 3.27. The zero-order valence-corrected chi connectivity index (χ0v) is 15.1. The quantitative estimate of drug-likeness (QED) is 0.892. The molecule has 7 nitrogen and oxygen atoms in total. The fourth-order valence-corrected chi connectivity index (χ4v) is 4.06. The molecule has 1 atom stereocenters. The second-order valence-corrected chi connectivity index (χ2v) is 7.37. The maximum absolute atomic E-state index is 12.4. The SMILES string of the molecule is O=C(NCc1csc(Cc2ccccc2)n1)N1CCN2C(=O)OC[C@H]2C1. The number of piperazine rings is 1. The number of amides is 3. The van der Waals surface area contributed by atoms with E-state index < -0.39 is 0 Å². The van der Waals surface area contributed by atoms with Gasteiger partial charge in [0.05, 0.1) is 23.3 Å². The minimum absolute atomic E-state index is 0.0289. The standard InChI is InChI=1S/C18H20N4O3S/c23-17(21-6-7-22-15(10-21)11-25-18(22)24)19-9-14-12-26-16(20-14)8-13-4-2-1-3-5-13/h1-5,12,15H,6-11H2,(H,19,23)/t15-/m1/s1. The van der Waals surface area contributed by atoms with Gasteiger partial charge >= 0.3 is 12.1 Å². The Hall–Kier alpha value is -2.61.